The molecule has 3 aromatic rings. The molecule has 1 fully saturated rings. The van der Waals surface area contributed by atoms with Crippen molar-refractivity contribution in [2.24, 2.45) is 0 Å². The second-order valence-electron chi connectivity index (χ2n) is 7.45. The third kappa shape index (κ3) is 5.17. The first-order chi connectivity index (χ1) is 15.9. The number of carbonyl (C=O) groups excluding carboxylic acids is 1. The highest BCUT2D eigenvalue weighted by molar-refractivity contribution is 7.92. The van der Waals surface area contributed by atoms with Gasteiger partial charge in [-0.05, 0) is 42.8 Å². The number of aromatic nitrogens is 2. The van der Waals surface area contributed by atoms with E-state index in [9.17, 15) is 13.2 Å². The van der Waals surface area contributed by atoms with Crippen molar-refractivity contribution in [3.8, 4) is 16.6 Å². The molecule has 33 heavy (non-hydrogen) atoms. The van der Waals surface area contributed by atoms with E-state index < -0.39 is 10.0 Å². The summed E-state index contributed by atoms with van der Waals surface area (Å²) in [5.41, 5.74) is 2.67. The van der Waals surface area contributed by atoms with Crippen LogP contribution in [-0.2, 0) is 10.0 Å². The van der Waals surface area contributed by atoms with Gasteiger partial charge in [-0.15, -0.1) is 11.3 Å². The highest BCUT2D eigenvalue weighted by Crippen LogP contribution is 2.28. The van der Waals surface area contributed by atoms with Crippen LogP contribution in [0.2, 0.25) is 0 Å². The molecule has 1 amide bonds. The summed E-state index contributed by atoms with van der Waals surface area (Å²) in [6.07, 6.45) is 4.85. The van der Waals surface area contributed by atoms with E-state index in [1.165, 1.54) is 21.7 Å². The van der Waals surface area contributed by atoms with Gasteiger partial charge in [-0.1, -0.05) is 12.1 Å². The summed E-state index contributed by atoms with van der Waals surface area (Å²) in [6.45, 7) is 2.84. The Balaban J connectivity index is 1.41. The zero-order chi connectivity index (χ0) is 23.4. The second kappa shape index (κ2) is 9.62. The van der Waals surface area contributed by atoms with E-state index >= 15 is 0 Å². The van der Waals surface area contributed by atoms with Crippen LogP contribution in [-0.4, -0.2) is 59.7 Å². The number of amides is 1. The van der Waals surface area contributed by atoms with Gasteiger partial charge < -0.3 is 4.90 Å². The summed E-state index contributed by atoms with van der Waals surface area (Å²) in [6, 6.07) is 12.5. The fourth-order valence-electron chi connectivity index (χ4n) is 3.46. The number of sulfonamides is 1. The van der Waals surface area contributed by atoms with Crippen molar-refractivity contribution < 1.29 is 13.2 Å². The number of rotatable bonds is 5. The van der Waals surface area contributed by atoms with Gasteiger partial charge in [0, 0.05) is 49.5 Å². The first-order valence-corrected chi connectivity index (χ1v) is 12.5. The number of aryl methyl sites for hydroxylation is 1. The van der Waals surface area contributed by atoms with Crippen LogP contribution in [0.1, 0.15) is 26.5 Å². The van der Waals surface area contributed by atoms with E-state index in [2.05, 4.69) is 9.97 Å². The molecular weight excluding hydrogens is 458 g/mol. The summed E-state index contributed by atoms with van der Waals surface area (Å²) < 4.78 is 26.8. The maximum Gasteiger partial charge on any atom is 0.265 e. The average Bonchev–Trinajstić information content (AvgIpc) is 3.24. The Bertz CT molecular complexity index is 1340. The van der Waals surface area contributed by atoms with Crippen LogP contribution in [0, 0.1) is 18.3 Å². The fraction of sp³-hybridized carbons (Fsp3) is 0.217. The smallest absolute Gasteiger partial charge is 0.265 e. The maximum absolute atomic E-state index is 13.1. The standard InChI is InChI=1S/C23H21N5O3S2/c1-17-21(32-22(26-17)20-5-8-25-9-6-20)23(29)27-10-12-28(13-11-27)33(30,31)14-7-18-3-2-4-19(15-18)16-24/h2-9,14-15H,10-13H2,1H3/b14-7+. The minimum atomic E-state index is -3.64. The molecule has 0 unspecified atom stereocenters. The van der Waals surface area contributed by atoms with Crippen molar-refractivity contribution in [2.45, 2.75) is 6.92 Å². The quantitative estimate of drug-likeness (QED) is 0.556. The van der Waals surface area contributed by atoms with Gasteiger partial charge in [0.15, 0.2) is 0 Å². The summed E-state index contributed by atoms with van der Waals surface area (Å²) >= 11 is 1.33. The molecule has 8 nitrogen and oxygen atoms in total. The fourth-order valence-corrected chi connectivity index (χ4v) is 5.68. The predicted molar refractivity (Wildman–Crippen MR) is 127 cm³/mol. The highest BCUT2D eigenvalue weighted by atomic mass is 32.2. The Labute approximate surface area is 196 Å². The summed E-state index contributed by atoms with van der Waals surface area (Å²) in [7, 11) is -3.64. The lowest BCUT2D eigenvalue weighted by molar-refractivity contribution is 0.0702. The number of hydrogen-bond donors (Lipinski definition) is 0. The molecule has 0 saturated carbocycles. The number of carbonyl (C=O) groups is 1. The van der Waals surface area contributed by atoms with E-state index in [4.69, 9.17) is 5.26 Å². The molecule has 1 aromatic carbocycles. The van der Waals surface area contributed by atoms with Gasteiger partial charge >= 0.3 is 0 Å². The topological polar surface area (TPSA) is 107 Å². The summed E-state index contributed by atoms with van der Waals surface area (Å²) in [5, 5.41) is 10.9. The number of piperazine rings is 1. The molecule has 0 aliphatic carbocycles. The van der Waals surface area contributed by atoms with Crippen LogP contribution in [0.4, 0.5) is 0 Å². The maximum atomic E-state index is 13.1. The highest BCUT2D eigenvalue weighted by Gasteiger charge is 2.29. The molecule has 168 valence electrons. The first-order valence-electron chi connectivity index (χ1n) is 10.2. The monoisotopic (exact) mass is 479 g/mol. The third-order valence-electron chi connectivity index (χ3n) is 5.25. The van der Waals surface area contributed by atoms with Crippen LogP contribution in [0.3, 0.4) is 0 Å². The molecule has 10 heteroatoms. The predicted octanol–water partition coefficient (Wildman–Crippen LogP) is 3.14. The molecule has 1 aliphatic heterocycles. The van der Waals surface area contributed by atoms with E-state index in [-0.39, 0.29) is 19.0 Å². The second-order valence-corrected chi connectivity index (χ2v) is 10.3. The van der Waals surface area contributed by atoms with Crippen LogP contribution in [0.15, 0.2) is 54.2 Å². The normalized spacial score (nSPS) is 15.0. The number of benzene rings is 1. The van der Waals surface area contributed by atoms with Gasteiger partial charge in [-0.3, -0.25) is 9.78 Å². The lowest BCUT2D eigenvalue weighted by Crippen LogP contribution is -2.50. The molecule has 0 radical (unpaired) electrons. The lowest BCUT2D eigenvalue weighted by Gasteiger charge is -2.33. The Morgan fingerprint density at radius 2 is 1.88 bits per heavy atom. The van der Waals surface area contributed by atoms with Crippen molar-refractivity contribution in [1.82, 2.24) is 19.2 Å². The third-order valence-corrected chi connectivity index (χ3v) is 8.01. The molecular formula is C23H21N5O3S2. The summed E-state index contributed by atoms with van der Waals surface area (Å²) in [4.78, 5) is 23.8. The van der Waals surface area contributed by atoms with Crippen molar-refractivity contribution in [3.05, 3.63) is 75.9 Å². The molecule has 2 aromatic heterocycles. The molecule has 1 saturated heterocycles. The minimum Gasteiger partial charge on any atom is -0.335 e. The van der Waals surface area contributed by atoms with E-state index in [0.29, 0.717) is 34.8 Å². The number of nitriles is 1. The molecule has 0 bridgehead atoms. The SMILES string of the molecule is Cc1nc(-c2ccncc2)sc1C(=O)N1CCN(S(=O)(=O)/C=C/c2cccc(C#N)c2)CC1. The van der Waals surface area contributed by atoms with E-state index in [0.717, 1.165) is 16.0 Å². The lowest BCUT2D eigenvalue weighted by atomic mass is 10.1. The minimum absolute atomic E-state index is 0.133. The van der Waals surface area contributed by atoms with E-state index in [1.807, 2.05) is 18.2 Å². The molecule has 4 rings (SSSR count). The summed E-state index contributed by atoms with van der Waals surface area (Å²) in [5.74, 6) is -0.133. The van der Waals surface area contributed by atoms with Crippen molar-refractivity contribution >= 4 is 33.3 Å². The average molecular weight is 480 g/mol. The van der Waals surface area contributed by atoms with Gasteiger partial charge in [-0.2, -0.15) is 9.57 Å². The van der Waals surface area contributed by atoms with Crippen molar-refractivity contribution in [1.29, 1.82) is 5.26 Å². The first kappa shape index (κ1) is 22.8. The number of hydrogen-bond acceptors (Lipinski definition) is 7. The number of pyridine rings is 1. The molecule has 0 atom stereocenters. The Morgan fingerprint density at radius 3 is 2.58 bits per heavy atom. The van der Waals surface area contributed by atoms with Gasteiger partial charge in [-0.25, -0.2) is 13.4 Å². The largest absolute Gasteiger partial charge is 0.335 e. The molecule has 0 N–H and O–H groups in total. The van der Waals surface area contributed by atoms with Crippen molar-refractivity contribution in [3.63, 3.8) is 0 Å². The van der Waals surface area contributed by atoms with Gasteiger partial charge in [0.25, 0.3) is 5.91 Å². The van der Waals surface area contributed by atoms with Gasteiger partial charge in [0.05, 0.1) is 17.3 Å². The van der Waals surface area contributed by atoms with E-state index in [1.54, 1.807) is 48.5 Å². The van der Waals surface area contributed by atoms with Crippen molar-refractivity contribution in [2.75, 3.05) is 26.2 Å². The molecule has 1 aliphatic rings. The molecule has 0 spiro atoms. The Kier molecular flexibility index (Phi) is 6.65. The van der Waals surface area contributed by atoms with Crippen LogP contribution < -0.4 is 0 Å². The zero-order valence-corrected chi connectivity index (χ0v) is 19.5. The van der Waals surface area contributed by atoms with Gasteiger partial charge in [0.1, 0.15) is 9.88 Å². The molecule has 3 heterocycles. The van der Waals surface area contributed by atoms with Crippen LogP contribution >= 0.6 is 11.3 Å². The van der Waals surface area contributed by atoms with Crippen LogP contribution in [0.5, 0.6) is 0 Å². The van der Waals surface area contributed by atoms with Crippen LogP contribution in [0.25, 0.3) is 16.6 Å². The zero-order valence-electron chi connectivity index (χ0n) is 17.9. The Morgan fingerprint density at radius 1 is 1.15 bits per heavy atom. The Hall–Kier alpha value is -3.39. The van der Waals surface area contributed by atoms with Gasteiger partial charge in [0.2, 0.25) is 10.0 Å². The number of thiazole rings is 1. The number of nitrogens with zero attached hydrogens (tertiary/aromatic N) is 5.